The van der Waals surface area contributed by atoms with E-state index < -0.39 is 0 Å². The van der Waals surface area contributed by atoms with Gasteiger partial charge in [-0.2, -0.15) is 0 Å². The maximum atomic E-state index is 13.1. The fraction of sp³-hybridized carbons (Fsp3) is 0. The molecular formula is C25H16BrN3O. The molecule has 0 aliphatic heterocycles. The molecule has 4 nitrogen and oxygen atoms in total. The van der Waals surface area contributed by atoms with Gasteiger partial charge in [0.15, 0.2) is 5.65 Å². The van der Waals surface area contributed by atoms with E-state index in [9.17, 15) is 4.79 Å². The first-order chi connectivity index (χ1) is 14.7. The van der Waals surface area contributed by atoms with E-state index in [4.69, 9.17) is 9.97 Å². The van der Waals surface area contributed by atoms with Crippen LogP contribution in [0.4, 0.5) is 0 Å². The molecule has 0 aliphatic rings. The highest BCUT2D eigenvalue weighted by molar-refractivity contribution is 9.10. The van der Waals surface area contributed by atoms with Crippen molar-refractivity contribution in [3.8, 4) is 33.8 Å². The molecule has 0 atom stereocenters. The molecule has 144 valence electrons. The maximum absolute atomic E-state index is 13.1. The average Bonchev–Trinajstić information content (AvgIpc) is 2.80. The molecule has 5 heteroatoms. The second kappa shape index (κ2) is 7.69. The Morgan fingerprint density at radius 2 is 1.33 bits per heavy atom. The minimum Gasteiger partial charge on any atom is -0.306 e. The van der Waals surface area contributed by atoms with Gasteiger partial charge in [0.25, 0.3) is 5.56 Å². The number of H-pyrrole nitrogens is 1. The van der Waals surface area contributed by atoms with Gasteiger partial charge in [-0.3, -0.25) is 4.79 Å². The SMILES string of the molecule is O=c1[nH]c(-c2ccccc2)nc2nc(-c3ccccc3)cc(-c3ccc(Br)cc3)c12. The van der Waals surface area contributed by atoms with Crippen molar-refractivity contribution in [1.82, 2.24) is 15.0 Å². The summed E-state index contributed by atoms with van der Waals surface area (Å²) in [4.78, 5) is 25.5. The van der Waals surface area contributed by atoms with Crippen molar-refractivity contribution < 1.29 is 0 Å². The first kappa shape index (κ1) is 18.5. The Labute approximate surface area is 181 Å². The third-order valence-electron chi connectivity index (χ3n) is 4.95. The highest BCUT2D eigenvalue weighted by Gasteiger charge is 2.15. The van der Waals surface area contributed by atoms with Gasteiger partial charge in [0.1, 0.15) is 5.82 Å². The summed E-state index contributed by atoms with van der Waals surface area (Å²) in [6.07, 6.45) is 0. The lowest BCUT2D eigenvalue weighted by atomic mass is 10.00. The van der Waals surface area contributed by atoms with Crippen molar-refractivity contribution in [1.29, 1.82) is 0 Å². The summed E-state index contributed by atoms with van der Waals surface area (Å²) in [5.41, 5.74) is 4.55. The summed E-state index contributed by atoms with van der Waals surface area (Å²) in [6.45, 7) is 0. The van der Waals surface area contributed by atoms with Crippen molar-refractivity contribution in [3.05, 3.63) is 106 Å². The van der Waals surface area contributed by atoms with E-state index >= 15 is 0 Å². The molecule has 0 unspecified atom stereocenters. The Hall–Kier alpha value is -3.57. The molecule has 0 aliphatic carbocycles. The average molecular weight is 454 g/mol. The number of pyridine rings is 1. The number of nitrogens with one attached hydrogen (secondary N) is 1. The summed E-state index contributed by atoms with van der Waals surface area (Å²) in [7, 11) is 0. The van der Waals surface area contributed by atoms with E-state index in [0.29, 0.717) is 16.9 Å². The van der Waals surface area contributed by atoms with E-state index in [2.05, 4.69) is 20.9 Å². The van der Waals surface area contributed by atoms with Crippen LogP contribution in [0.2, 0.25) is 0 Å². The lowest BCUT2D eigenvalue weighted by Crippen LogP contribution is -2.12. The molecule has 0 saturated carbocycles. The summed E-state index contributed by atoms with van der Waals surface area (Å²) in [5.74, 6) is 0.507. The Morgan fingerprint density at radius 1 is 0.700 bits per heavy atom. The first-order valence-electron chi connectivity index (χ1n) is 9.51. The topological polar surface area (TPSA) is 58.6 Å². The maximum Gasteiger partial charge on any atom is 0.261 e. The number of fused-ring (bicyclic) bond motifs is 1. The number of rotatable bonds is 3. The quantitative estimate of drug-likeness (QED) is 0.359. The van der Waals surface area contributed by atoms with Crippen LogP contribution in [0.15, 0.2) is 100 Å². The first-order valence-corrected chi connectivity index (χ1v) is 10.3. The Morgan fingerprint density at radius 3 is 2.00 bits per heavy atom. The van der Waals surface area contributed by atoms with Gasteiger partial charge in [-0.15, -0.1) is 0 Å². The minimum absolute atomic E-state index is 0.205. The number of aromatic nitrogens is 3. The predicted octanol–water partition coefficient (Wildman–Crippen LogP) is 6.08. The van der Waals surface area contributed by atoms with Gasteiger partial charge in [0, 0.05) is 21.2 Å². The van der Waals surface area contributed by atoms with E-state index in [1.165, 1.54) is 0 Å². The normalized spacial score (nSPS) is 11.0. The zero-order valence-corrected chi connectivity index (χ0v) is 17.4. The molecule has 0 saturated heterocycles. The van der Waals surface area contributed by atoms with Gasteiger partial charge < -0.3 is 4.98 Å². The standard InChI is InChI=1S/C25H16BrN3O/c26-19-13-11-16(12-14-19)20-15-21(17-7-3-1-4-8-17)27-24-22(20)25(30)29-23(28-24)18-9-5-2-6-10-18/h1-15H,(H,27,28,29,30). The molecule has 5 aromatic rings. The van der Waals surface area contributed by atoms with Gasteiger partial charge in [0.2, 0.25) is 0 Å². The number of halogens is 1. The third kappa shape index (κ3) is 3.44. The van der Waals surface area contributed by atoms with Crippen molar-refractivity contribution in [2.45, 2.75) is 0 Å². The van der Waals surface area contributed by atoms with Crippen LogP contribution in [0.5, 0.6) is 0 Å². The molecule has 3 aromatic carbocycles. The lowest BCUT2D eigenvalue weighted by Gasteiger charge is -2.11. The van der Waals surface area contributed by atoms with Crippen molar-refractivity contribution in [2.75, 3.05) is 0 Å². The number of aromatic amines is 1. The fourth-order valence-corrected chi connectivity index (χ4v) is 3.75. The zero-order chi connectivity index (χ0) is 20.5. The van der Waals surface area contributed by atoms with Crippen LogP contribution >= 0.6 is 15.9 Å². The van der Waals surface area contributed by atoms with Crippen LogP contribution in [-0.4, -0.2) is 15.0 Å². The number of hydrogen-bond acceptors (Lipinski definition) is 3. The lowest BCUT2D eigenvalue weighted by molar-refractivity contribution is 1.15. The summed E-state index contributed by atoms with van der Waals surface area (Å²) in [6, 6.07) is 29.4. The zero-order valence-electron chi connectivity index (χ0n) is 15.8. The third-order valence-corrected chi connectivity index (χ3v) is 5.48. The van der Waals surface area contributed by atoms with Gasteiger partial charge in [-0.25, -0.2) is 9.97 Å². The Kier molecular flexibility index (Phi) is 4.73. The van der Waals surface area contributed by atoms with E-state index in [1.807, 2.05) is 91.0 Å². The van der Waals surface area contributed by atoms with E-state index in [1.54, 1.807) is 0 Å². The second-order valence-corrected chi connectivity index (χ2v) is 7.82. The van der Waals surface area contributed by atoms with E-state index in [0.717, 1.165) is 32.4 Å². The smallest absolute Gasteiger partial charge is 0.261 e. The number of hydrogen-bond donors (Lipinski definition) is 1. The molecular weight excluding hydrogens is 438 g/mol. The van der Waals surface area contributed by atoms with Gasteiger partial charge in [-0.05, 0) is 23.8 Å². The van der Waals surface area contributed by atoms with Crippen molar-refractivity contribution in [3.63, 3.8) is 0 Å². The molecule has 0 radical (unpaired) electrons. The second-order valence-electron chi connectivity index (χ2n) is 6.91. The molecule has 0 spiro atoms. The molecule has 30 heavy (non-hydrogen) atoms. The molecule has 5 rings (SSSR count). The van der Waals surface area contributed by atoms with Gasteiger partial charge in [0.05, 0.1) is 11.1 Å². The highest BCUT2D eigenvalue weighted by atomic mass is 79.9. The van der Waals surface area contributed by atoms with Crippen LogP contribution < -0.4 is 5.56 Å². The van der Waals surface area contributed by atoms with Crippen LogP contribution in [0.3, 0.4) is 0 Å². The van der Waals surface area contributed by atoms with Crippen molar-refractivity contribution in [2.24, 2.45) is 0 Å². The number of benzene rings is 3. The molecule has 0 bridgehead atoms. The predicted molar refractivity (Wildman–Crippen MR) is 124 cm³/mol. The Balaban J connectivity index is 1.83. The molecule has 0 amide bonds. The summed E-state index contributed by atoms with van der Waals surface area (Å²) < 4.78 is 0.978. The fourth-order valence-electron chi connectivity index (χ4n) is 3.49. The Bertz CT molecular complexity index is 1390. The number of nitrogens with zero attached hydrogens (tertiary/aromatic N) is 2. The van der Waals surface area contributed by atoms with Crippen LogP contribution in [0, 0.1) is 0 Å². The van der Waals surface area contributed by atoms with Crippen LogP contribution in [0.25, 0.3) is 44.8 Å². The molecule has 2 aromatic heterocycles. The van der Waals surface area contributed by atoms with Gasteiger partial charge in [-0.1, -0.05) is 88.7 Å². The summed E-state index contributed by atoms with van der Waals surface area (Å²) >= 11 is 3.48. The van der Waals surface area contributed by atoms with Crippen molar-refractivity contribution >= 4 is 27.0 Å². The largest absolute Gasteiger partial charge is 0.306 e. The monoisotopic (exact) mass is 453 g/mol. The molecule has 0 fully saturated rings. The molecule has 2 heterocycles. The van der Waals surface area contributed by atoms with Crippen LogP contribution in [-0.2, 0) is 0 Å². The van der Waals surface area contributed by atoms with E-state index in [-0.39, 0.29) is 5.56 Å². The highest BCUT2D eigenvalue weighted by Crippen LogP contribution is 2.31. The minimum atomic E-state index is -0.205. The summed E-state index contributed by atoms with van der Waals surface area (Å²) in [5, 5.41) is 0.483. The molecule has 1 N–H and O–H groups in total. The van der Waals surface area contributed by atoms with Gasteiger partial charge >= 0.3 is 0 Å². The van der Waals surface area contributed by atoms with Crippen LogP contribution in [0.1, 0.15) is 0 Å².